The number of oxazole rings is 1. The Bertz CT molecular complexity index is 742. The standard InChI is InChI=1S/C14H11ClN2O3/c1-18-11-4-2-3-5-12(11)19-8-13-17-10-6-9(15)7-16-14(10)20-13/h2-7H,8H2,1H3. The Morgan fingerprint density at radius 2 is 2.05 bits per heavy atom. The van der Waals surface area contributed by atoms with Gasteiger partial charge in [0.2, 0.25) is 11.6 Å². The molecule has 0 amide bonds. The molecule has 0 N–H and O–H groups in total. The minimum atomic E-state index is 0.189. The van der Waals surface area contributed by atoms with Crippen LogP contribution in [0, 0.1) is 0 Å². The summed E-state index contributed by atoms with van der Waals surface area (Å²) in [4.78, 5) is 8.31. The number of ether oxygens (including phenoxy) is 2. The zero-order valence-electron chi connectivity index (χ0n) is 10.7. The quantitative estimate of drug-likeness (QED) is 0.736. The van der Waals surface area contributed by atoms with Crippen molar-refractivity contribution < 1.29 is 13.9 Å². The van der Waals surface area contributed by atoms with Crippen molar-refractivity contribution in [1.82, 2.24) is 9.97 Å². The van der Waals surface area contributed by atoms with Crippen LogP contribution in [0.4, 0.5) is 0 Å². The summed E-state index contributed by atoms with van der Waals surface area (Å²) in [5.74, 6) is 1.72. The van der Waals surface area contributed by atoms with Crippen LogP contribution in [0.25, 0.3) is 11.2 Å². The Kier molecular flexibility index (Phi) is 3.43. The minimum absolute atomic E-state index is 0.189. The summed E-state index contributed by atoms with van der Waals surface area (Å²) in [5, 5.41) is 0.517. The van der Waals surface area contributed by atoms with E-state index in [9.17, 15) is 0 Å². The van der Waals surface area contributed by atoms with Gasteiger partial charge >= 0.3 is 0 Å². The van der Waals surface area contributed by atoms with E-state index in [4.69, 9.17) is 25.5 Å². The lowest BCUT2D eigenvalue weighted by Crippen LogP contribution is -1.97. The fourth-order valence-electron chi connectivity index (χ4n) is 1.78. The summed E-state index contributed by atoms with van der Waals surface area (Å²) in [6.07, 6.45) is 1.51. The highest BCUT2D eigenvalue weighted by molar-refractivity contribution is 6.30. The highest BCUT2D eigenvalue weighted by Gasteiger charge is 2.09. The molecule has 0 saturated heterocycles. The molecule has 0 unspecified atom stereocenters. The topological polar surface area (TPSA) is 57.4 Å². The fourth-order valence-corrected chi connectivity index (χ4v) is 1.93. The predicted octanol–water partition coefficient (Wildman–Crippen LogP) is 3.46. The molecule has 0 radical (unpaired) electrons. The molecule has 3 aromatic rings. The van der Waals surface area contributed by atoms with Gasteiger partial charge in [0, 0.05) is 6.20 Å². The number of benzene rings is 1. The molecule has 20 heavy (non-hydrogen) atoms. The van der Waals surface area contributed by atoms with Crippen LogP contribution in [0.1, 0.15) is 5.89 Å². The van der Waals surface area contributed by atoms with Crippen LogP contribution >= 0.6 is 11.6 Å². The lowest BCUT2D eigenvalue weighted by Gasteiger charge is -2.08. The van der Waals surface area contributed by atoms with Gasteiger partial charge in [-0.25, -0.2) is 9.97 Å². The van der Waals surface area contributed by atoms with Gasteiger partial charge in [-0.15, -0.1) is 0 Å². The molecule has 0 bridgehead atoms. The average Bonchev–Trinajstić information content (AvgIpc) is 2.87. The Balaban J connectivity index is 1.79. The predicted molar refractivity (Wildman–Crippen MR) is 74.1 cm³/mol. The number of para-hydroxylation sites is 2. The molecule has 5 nitrogen and oxygen atoms in total. The SMILES string of the molecule is COc1ccccc1OCc1nc2cc(Cl)cnc2o1. The van der Waals surface area contributed by atoms with Crippen molar-refractivity contribution in [3.8, 4) is 11.5 Å². The number of rotatable bonds is 4. The number of pyridine rings is 1. The first kappa shape index (κ1) is 12.7. The van der Waals surface area contributed by atoms with E-state index in [0.717, 1.165) is 0 Å². The first-order valence-electron chi connectivity index (χ1n) is 5.93. The highest BCUT2D eigenvalue weighted by atomic mass is 35.5. The van der Waals surface area contributed by atoms with Crippen LogP contribution < -0.4 is 9.47 Å². The summed E-state index contributed by atoms with van der Waals surface area (Å²) < 4.78 is 16.3. The highest BCUT2D eigenvalue weighted by Crippen LogP contribution is 2.27. The smallest absolute Gasteiger partial charge is 0.247 e. The molecule has 102 valence electrons. The van der Waals surface area contributed by atoms with Crippen LogP contribution in [0.3, 0.4) is 0 Å². The molecule has 0 fully saturated rings. The molecule has 6 heteroatoms. The second-order valence-corrected chi connectivity index (χ2v) is 4.46. The fraction of sp³-hybridized carbons (Fsp3) is 0.143. The van der Waals surface area contributed by atoms with Crippen molar-refractivity contribution >= 4 is 22.8 Å². The summed E-state index contributed by atoms with van der Waals surface area (Å²) in [5.41, 5.74) is 1.05. The van der Waals surface area contributed by atoms with E-state index < -0.39 is 0 Å². The normalized spacial score (nSPS) is 10.7. The summed E-state index contributed by atoms with van der Waals surface area (Å²) in [7, 11) is 1.59. The molecule has 2 aromatic heterocycles. The maximum Gasteiger partial charge on any atom is 0.247 e. The largest absolute Gasteiger partial charge is 0.493 e. The van der Waals surface area contributed by atoms with E-state index >= 15 is 0 Å². The molecule has 2 heterocycles. The molecule has 0 spiro atoms. The monoisotopic (exact) mass is 290 g/mol. The zero-order valence-corrected chi connectivity index (χ0v) is 11.4. The maximum atomic E-state index is 5.85. The Labute approximate surface area is 120 Å². The second-order valence-electron chi connectivity index (χ2n) is 4.02. The second kappa shape index (κ2) is 5.38. The van der Waals surface area contributed by atoms with Gasteiger partial charge in [-0.1, -0.05) is 23.7 Å². The van der Waals surface area contributed by atoms with Crippen molar-refractivity contribution in [2.45, 2.75) is 6.61 Å². The van der Waals surface area contributed by atoms with Crippen LogP contribution in [0.15, 0.2) is 40.9 Å². The van der Waals surface area contributed by atoms with Crippen LogP contribution in [-0.2, 0) is 6.61 Å². The Morgan fingerprint density at radius 3 is 2.85 bits per heavy atom. The molecular formula is C14H11ClN2O3. The van der Waals surface area contributed by atoms with Crippen LogP contribution in [0.2, 0.25) is 5.02 Å². The van der Waals surface area contributed by atoms with Crippen LogP contribution in [0.5, 0.6) is 11.5 Å². The first-order chi connectivity index (χ1) is 9.76. The van der Waals surface area contributed by atoms with E-state index in [-0.39, 0.29) is 6.61 Å². The van der Waals surface area contributed by atoms with Gasteiger partial charge in [0.1, 0.15) is 5.52 Å². The lowest BCUT2D eigenvalue weighted by atomic mass is 10.3. The Morgan fingerprint density at radius 1 is 1.25 bits per heavy atom. The first-order valence-corrected chi connectivity index (χ1v) is 6.31. The lowest BCUT2D eigenvalue weighted by molar-refractivity contribution is 0.253. The van der Waals surface area contributed by atoms with E-state index in [2.05, 4.69) is 9.97 Å². The molecule has 0 atom stereocenters. The molecule has 1 aromatic carbocycles. The number of nitrogens with zero attached hydrogens (tertiary/aromatic N) is 2. The van der Waals surface area contributed by atoms with Crippen molar-refractivity contribution in [3.63, 3.8) is 0 Å². The van der Waals surface area contributed by atoms with Gasteiger partial charge in [-0.05, 0) is 18.2 Å². The van der Waals surface area contributed by atoms with E-state index in [0.29, 0.717) is 33.6 Å². The van der Waals surface area contributed by atoms with Gasteiger partial charge < -0.3 is 13.9 Å². The number of hydrogen-bond donors (Lipinski definition) is 0. The molecule has 0 saturated carbocycles. The van der Waals surface area contributed by atoms with Crippen molar-refractivity contribution in [2.24, 2.45) is 0 Å². The third kappa shape index (κ3) is 2.53. The van der Waals surface area contributed by atoms with Gasteiger partial charge in [0.25, 0.3) is 0 Å². The van der Waals surface area contributed by atoms with Crippen molar-refractivity contribution in [2.75, 3.05) is 7.11 Å². The number of halogens is 1. The molecule has 3 rings (SSSR count). The summed E-state index contributed by atoms with van der Waals surface area (Å²) in [6.45, 7) is 0.189. The third-order valence-electron chi connectivity index (χ3n) is 2.68. The average molecular weight is 291 g/mol. The number of aromatic nitrogens is 2. The third-order valence-corrected chi connectivity index (χ3v) is 2.89. The zero-order chi connectivity index (χ0) is 13.9. The molecule has 0 aliphatic carbocycles. The molecular weight excluding hydrogens is 280 g/mol. The molecule has 0 aliphatic rings. The van der Waals surface area contributed by atoms with E-state index in [1.807, 2.05) is 24.3 Å². The van der Waals surface area contributed by atoms with E-state index in [1.54, 1.807) is 13.2 Å². The van der Waals surface area contributed by atoms with Crippen molar-refractivity contribution in [1.29, 1.82) is 0 Å². The molecule has 0 aliphatic heterocycles. The van der Waals surface area contributed by atoms with Gasteiger partial charge in [0.15, 0.2) is 18.1 Å². The van der Waals surface area contributed by atoms with E-state index in [1.165, 1.54) is 6.20 Å². The number of hydrogen-bond acceptors (Lipinski definition) is 5. The van der Waals surface area contributed by atoms with Gasteiger partial charge in [-0.3, -0.25) is 0 Å². The van der Waals surface area contributed by atoms with Crippen LogP contribution in [-0.4, -0.2) is 17.1 Å². The summed E-state index contributed by atoms with van der Waals surface area (Å²) in [6, 6.07) is 9.07. The van der Waals surface area contributed by atoms with Gasteiger partial charge in [0.05, 0.1) is 12.1 Å². The summed E-state index contributed by atoms with van der Waals surface area (Å²) >= 11 is 5.85. The number of fused-ring (bicyclic) bond motifs is 1. The van der Waals surface area contributed by atoms with Gasteiger partial charge in [-0.2, -0.15) is 0 Å². The maximum absolute atomic E-state index is 5.85. The Hall–Kier alpha value is -2.27. The minimum Gasteiger partial charge on any atom is -0.493 e. The van der Waals surface area contributed by atoms with Crippen molar-refractivity contribution in [3.05, 3.63) is 47.4 Å². The number of methoxy groups -OCH3 is 1.